The van der Waals surface area contributed by atoms with Gasteiger partial charge in [-0.05, 0) is 44.5 Å². The van der Waals surface area contributed by atoms with Crippen molar-refractivity contribution in [3.05, 3.63) is 29.3 Å². The lowest BCUT2D eigenvalue weighted by molar-refractivity contribution is 0.0889. The van der Waals surface area contributed by atoms with E-state index in [0.717, 1.165) is 38.2 Å². The Bertz CT molecular complexity index is 562. The summed E-state index contributed by atoms with van der Waals surface area (Å²) in [7, 11) is -2.87. The van der Waals surface area contributed by atoms with Crippen molar-refractivity contribution < 1.29 is 13.2 Å². The first kappa shape index (κ1) is 16.6. The molecule has 21 heavy (non-hydrogen) atoms. The van der Waals surface area contributed by atoms with Crippen LogP contribution in [0, 0.1) is 0 Å². The molecule has 1 heterocycles. The van der Waals surface area contributed by atoms with E-state index in [1.165, 1.54) is 6.26 Å². The summed E-state index contributed by atoms with van der Waals surface area (Å²) in [5, 5.41) is 0.631. The van der Waals surface area contributed by atoms with Crippen molar-refractivity contribution in [1.82, 2.24) is 4.90 Å². The average molecular weight is 332 g/mol. The fourth-order valence-corrected chi connectivity index (χ4v) is 3.42. The smallest absolute Gasteiger partial charge is 0.147 e. The number of sulfone groups is 1. The lowest BCUT2D eigenvalue weighted by atomic mass is 10.1. The monoisotopic (exact) mass is 331 g/mol. The van der Waals surface area contributed by atoms with Gasteiger partial charge < -0.3 is 4.74 Å². The topological polar surface area (TPSA) is 46.6 Å². The molecule has 1 aliphatic heterocycles. The zero-order valence-electron chi connectivity index (χ0n) is 12.3. The van der Waals surface area contributed by atoms with E-state index in [2.05, 4.69) is 4.90 Å². The Morgan fingerprint density at radius 2 is 2.14 bits per heavy atom. The predicted molar refractivity (Wildman–Crippen MR) is 85.9 cm³/mol. The number of halogens is 1. The van der Waals surface area contributed by atoms with E-state index >= 15 is 0 Å². The number of hydrogen-bond acceptors (Lipinski definition) is 4. The average Bonchev–Trinajstić information content (AvgIpc) is 2.40. The van der Waals surface area contributed by atoms with Crippen LogP contribution in [0.1, 0.15) is 19.3 Å². The Morgan fingerprint density at radius 3 is 2.86 bits per heavy atom. The Morgan fingerprint density at radius 1 is 1.38 bits per heavy atom. The van der Waals surface area contributed by atoms with Crippen LogP contribution in [0.2, 0.25) is 5.02 Å². The van der Waals surface area contributed by atoms with E-state index in [-0.39, 0.29) is 11.9 Å². The van der Waals surface area contributed by atoms with Gasteiger partial charge in [-0.3, -0.25) is 4.90 Å². The van der Waals surface area contributed by atoms with E-state index in [0.29, 0.717) is 11.4 Å². The van der Waals surface area contributed by atoms with Gasteiger partial charge in [0.05, 0.1) is 10.8 Å². The molecule has 0 bridgehead atoms. The van der Waals surface area contributed by atoms with Crippen LogP contribution in [0.5, 0.6) is 5.75 Å². The van der Waals surface area contributed by atoms with E-state index in [9.17, 15) is 8.42 Å². The Balaban J connectivity index is 1.82. The largest absolute Gasteiger partial charge is 0.488 e. The molecule has 1 aromatic carbocycles. The summed E-state index contributed by atoms with van der Waals surface area (Å²) in [6, 6.07) is 7.50. The second-order valence-corrected chi connectivity index (χ2v) is 8.26. The maximum atomic E-state index is 11.2. The molecule has 0 unspecified atom stereocenters. The molecule has 1 aromatic rings. The minimum Gasteiger partial charge on any atom is -0.488 e. The number of hydrogen-bond donors (Lipinski definition) is 0. The molecule has 0 radical (unpaired) electrons. The predicted octanol–water partition coefficient (Wildman–Crippen LogP) is 2.62. The molecule has 0 spiro atoms. The molecule has 118 valence electrons. The summed E-state index contributed by atoms with van der Waals surface area (Å²) < 4.78 is 28.3. The summed E-state index contributed by atoms with van der Waals surface area (Å²) >= 11 is 6.11. The van der Waals surface area contributed by atoms with Crippen molar-refractivity contribution in [2.24, 2.45) is 0 Å². The van der Waals surface area contributed by atoms with Gasteiger partial charge >= 0.3 is 0 Å². The van der Waals surface area contributed by atoms with Crippen molar-refractivity contribution in [2.75, 3.05) is 31.6 Å². The Kier molecular flexibility index (Phi) is 5.90. The summed E-state index contributed by atoms with van der Waals surface area (Å²) in [5.74, 6) is 0.974. The van der Waals surface area contributed by atoms with Crippen LogP contribution in [-0.4, -0.2) is 51.1 Å². The van der Waals surface area contributed by atoms with E-state index in [1.807, 2.05) is 24.3 Å². The molecule has 0 amide bonds. The van der Waals surface area contributed by atoms with Gasteiger partial charge in [0.25, 0.3) is 0 Å². The first-order valence-electron chi connectivity index (χ1n) is 7.25. The highest BCUT2D eigenvalue weighted by Gasteiger charge is 2.21. The van der Waals surface area contributed by atoms with Crippen molar-refractivity contribution in [2.45, 2.75) is 25.4 Å². The molecule has 0 aromatic heterocycles. The Labute approximate surface area is 132 Å². The summed E-state index contributed by atoms with van der Waals surface area (Å²) in [6.45, 7) is 2.64. The molecule has 1 saturated heterocycles. The molecule has 1 aliphatic rings. The summed E-state index contributed by atoms with van der Waals surface area (Å²) in [4.78, 5) is 2.27. The number of para-hydroxylation sites is 1. The second-order valence-electron chi connectivity index (χ2n) is 5.60. The van der Waals surface area contributed by atoms with Gasteiger partial charge in [0.2, 0.25) is 0 Å². The molecular weight excluding hydrogens is 310 g/mol. The van der Waals surface area contributed by atoms with Gasteiger partial charge in [0.1, 0.15) is 21.7 Å². The van der Waals surface area contributed by atoms with Crippen LogP contribution in [0.4, 0.5) is 0 Å². The third-order valence-corrected chi connectivity index (χ3v) is 4.92. The zero-order valence-corrected chi connectivity index (χ0v) is 13.9. The summed E-state index contributed by atoms with van der Waals surface area (Å²) in [6.07, 6.45) is 4.16. The van der Waals surface area contributed by atoms with Gasteiger partial charge in [0, 0.05) is 12.8 Å². The molecular formula is C15H22ClNO3S. The van der Waals surface area contributed by atoms with Crippen LogP contribution < -0.4 is 4.74 Å². The van der Waals surface area contributed by atoms with Crippen LogP contribution in [0.25, 0.3) is 0 Å². The maximum Gasteiger partial charge on any atom is 0.147 e. The van der Waals surface area contributed by atoms with Crippen molar-refractivity contribution in [1.29, 1.82) is 0 Å². The molecule has 0 saturated carbocycles. The van der Waals surface area contributed by atoms with Crippen molar-refractivity contribution in [3.8, 4) is 5.75 Å². The second kappa shape index (κ2) is 7.47. The minimum atomic E-state index is -2.87. The molecule has 1 fully saturated rings. The van der Waals surface area contributed by atoms with Crippen LogP contribution in [0.3, 0.4) is 0 Å². The van der Waals surface area contributed by atoms with E-state index < -0.39 is 9.84 Å². The zero-order chi connectivity index (χ0) is 15.3. The van der Waals surface area contributed by atoms with Gasteiger partial charge in [-0.1, -0.05) is 23.7 Å². The fourth-order valence-electron chi connectivity index (χ4n) is 2.58. The van der Waals surface area contributed by atoms with Crippen LogP contribution >= 0.6 is 11.6 Å². The quantitative estimate of drug-likeness (QED) is 0.804. The number of piperidine rings is 1. The molecule has 0 N–H and O–H groups in total. The van der Waals surface area contributed by atoms with Crippen molar-refractivity contribution >= 4 is 21.4 Å². The maximum absolute atomic E-state index is 11.2. The third kappa shape index (κ3) is 5.85. The molecule has 2 rings (SSSR count). The van der Waals surface area contributed by atoms with Crippen LogP contribution in [-0.2, 0) is 9.84 Å². The molecule has 4 nitrogen and oxygen atoms in total. The molecule has 6 heteroatoms. The van der Waals surface area contributed by atoms with Gasteiger partial charge in [0.15, 0.2) is 0 Å². The standard InChI is InChI=1S/C15H22ClNO3S/c1-21(18,19)11-5-10-17-9-4-6-13(12-17)20-15-8-3-2-7-14(15)16/h2-3,7-8,13H,4-6,9-12H2,1H3/t13-/m0/s1. The van der Waals surface area contributed by atoms with Crippen LogP contribution in [0.15, 0.2) is 24.3 Å². The minimum absolute atomic E-state index is 0.122. The van der Waals surface area contributed by atoms with E-state index in [1.54, 1.807) is 0 Å². The van der Waals surface area contributed by atoms with Gasteiger partial charge in [-0.25, -0.2) is 8.42 Å². The highest BCUT2D eigenvalue weighted by Crippen LogP contribution is 2.26. The van der Waals surface area contributed by atoms with Crippen molar-refractivity contribution in [3.63, 3.8) is 0 Å². The Hall–Kier alpha value is -0.780. The fraction of sp³-hybridized carbons (Fsp3) is 0.600. The number of benzene rings is 1. The SMILES string of the molecule is CS(=O)(=O)CCCN1CCC[C@H](Oc2ccccc2Cl)C1. The first-order valence-corrected chi connectivity index (χ1v) is 9.69. The first-order chi connectivity index (χ1) is 9.94. The number of ether oxygens (including phenoxy) is 1. The van der Waals surface area contributed by atoms with Gasteiger partial charge in [-0.15, -0.1) is 0 Å². The van der Waals surface area contributed by atoms with E-state index in [4.69, 9.17) is 16.3 Å². The molecule has 1 atom stereocenters. The third-order valence-electron chi connectivity index (χ3n) is 3.58. The molecule has 0 aliphatic carbocycles. The number of likely N-dealkylation sites (tertiary alicyclic amines) is 1. The normalized spacial score (nSPS) is 20.4. The lowest BCUT2D eigenvalue weighted by Crippen LogP contribution is -2.41. The number of nitrogens with zero attached hydrogens (tertiary/aromatic N) is 1. The summed E-state index contributed by atoms with van der Waals surface area (Å²) in [5.41, 5.74) is 0. The number of rotatable bonds is 6. The highest BCUT2D eigenvalue weighted by atomic mass is 35.5. The highest BCUT2D eigenvalue weighted by molar-refractivity contribution is 7.90. The van der Waals surface area contributed by atoms with Gasteiger partial charge in [-0.2, -0.15) is 0 Å². The lowest BCUT2D eigenvalue weighted by Gasteiger charge is -2.33.